The number of hydrogen-bond acceptors (Lipinski definition) is 4. The van der Waals surface area contributed by atoms with Crippen molar-refractivity contribution in [1.82, 2.24) is 4.98 Å². The lowest BCUT2D eigenvalue weighted by Gasteiger charge is -2.25. The molecule has 0 spiro atoms. The first-order valence-corrected chi connectivity index (χ1v) is 6.78. The van der Waals surface area contributed by atoms with Crippen LogP contribution in [0.25, 0.3) is 0 Å². The summed E-state index contributed by atoms with van der Waals surface area (Å²) in [6, 6.07) is 9.52. The minimum Gasteiger partial charge on any atom is -0.481 e. The van der Waals surface area contributed by atoms with Gasteiger partial charge in [0.05, 0.1) is 17.8 Å². The van der Waals surface area contributed by atoms with Crippen LogP contribution in [0.5, 0.6) is 0 Å². The first kappa shape index (κ1) is 14.8. The van der Waals surface area contributed by atoms with Gasteiger partial charge in [-0.05, 0) is 30.2 Å². The van der Waals surface area contributed by atoms with Crippen LogP contribution in [0.3, 0.4) is 0 Å². The maximum absolute atomic E-state index is 10.9. The second-order valence-corrected chi connectivity index (χ2v) is 4.99. The van der Waals surface area contributed by atoms with Crippen LogP contribution in [0.2, 0.25) is 0 Å². The van der Waals surface area contributed by atoms with E-state index in [0.717, 1.165) is 16.8 Å². The average Bonchev–Trinajstić information content (AvgIpc) is 2.44. The van der Waals surface area contributed by atoms with Crippen LogP contribution in [0.15, 0.2) is 42.7 Å². The number of hydrogen-bond donors (Lipinski definition) is 2. The van der Waals surface area contributed by atoms with Gasteiger partial charge in [-0.3, -0.25) is 9.78 Å². The van der Waals surface area contributed by atoms with Crippen LogP contribution in [0.1, 0.15) is 17.5 Å². The van der Waals surface area contributed by atoms with Gasteiger partial charge in [0.25, 0.3) is 0 Å². The molecule has 0 bridgehead atoms. The van der Waals surface area contributed by atoms with E-state index in [4.69, 9.17) is 10.8 Å². The quantitative estimate of drug-likeness (QED) is 0.797. The number of carbonyl (C=O) groups is 1. The fraction of sp³-hybridized carbons (Fsp3) is 0.250. The molecule has 0 radical (unpaired) electrons. The molecule has 0 aliphatic carbocycles. The van der Waals surface area contributed by atoms with Gasteiger partial charge in [0.1, 0.15) is 0 Å². The first-order chi connectivity index (χ1) is 10.1. The van der Waals surface area contributed by atoms with Gasteiger partial charge in [0.15, 0.2) is 0 Å². The summed E-state index contributed by atoms with van der Waals surface area (Å²) in [6.07, 6.45) is 3.65. The Morgan fingerprint density at radius 2 is 2.10 bits per heavy atom. The summed E-state index contributed by atoms with van der Waals surface area (Å²) in [4.78, 5) is 17.0. The highest BCUT2D eigenvalue weighted by atomic mass is 16.4. The van der Waals surface area contributed by atoms with E-state index < -0.39 is 5.97 Å². The highest BCUT2D eigenvalue weighted by Gasteiger charge is 2.12. The SMILES string of the molecule is Cc1cncc(CN(CCC(=O)O)c2ccccc2N)c1. The number of pyridine rings is 1. The van der Waals surface area contributed by atoms with E-state index in [2.05, 4.69) is 4.98 Å². The highest BCUT2D eigenvalue weighted by molar-refractivity contribution is 5.70. The van der Waals surface area contributed by atoms with Crippen LogP contribution < -0.4 is 10.6 Å². The molecule has 0 amide bonds. The lowest BCUT2D eigenvalue weighted by molar-refractivity contribution is -0.136. The summed E-state index contributed by atoms with van der Waals surface area (Å²) < 4.78 is 0. The van der Waals surface area contributed by atoms with Crippen molar-refractivity contribution in [3.63, 3.8) is 0 Å². The summed E-state index contributed by atoms with van der Waals surface area (Å²) in [5.74, 6) is -0.822. The molecule has 3 N–H and O–H groups in total. The Bertz CT molecular complexity index is 628. The van der Waals surface area contributed by atoms with Gasteiger partial charge in [0, 0.05) is 25.5 Å². The maximum atomic E-state index is 10.9. The Hall–Kier alpha value is -2.56. The van der Waals surface area contributed by atoms with E-state index >= 15 is 0 Å². The fourth-order valence-electron chi connectivity index (χ4n) is 2.22. The lowest BCUT2D eigenvalue weighted by atomic mass is 10.1. The topological polar surface area (TPSA) is 79.5 Å². The molecule has 2 rings (SSSR count). The largest absolute Gasteiger partial charge is 0.481 e. The predicted molar refractivity (Wildman–Crippen MR) is 83.1 cm³/mol. The van der Waals surface area contributed by atoms with E-state index in [-0.39, 0.29) is 6.42 Å². The second-order valence-electron chi connectivity index (χ2n) is 4.99. The number of aryl methyl sites for hydroxylation is 1. The molecule has 21 heavy (non-hydrogen) atoms. The average molecular weight is 285 g/mol. The Labute approximate surface area is 124 Å². The Kier molecular flexibility index (Phi) is 4.77. The second kappa shape index (κ2) is 6.74. The smallest absolute Gasteiger partial charge is 0.305 e. The maximum Gasteiger partial charge on any atom is 0.305 e. The molecule has 0 unspecified atom stereocenters. The zero-order valence-electron chi connectivity index (χ0n) is 12.0. The van der Waals surface area contributed by atoms with Crippen molar-refractivity contribution in [3.05, 3.63) is 53.9 Å². The summed E-state index contributed by atoms with van der Waals surface area (Å²) in [5, 5.41) is 8.92. The molecule has 0 atom stereocenters. The highest BCUT2D eigenvalue weighted by Crippen LogP contribution is 2.24. The van der Waals surface area contributed by atoms with Crippen molar-refractivity contribution in [1.29, 1.82) is 0 Å². The molecule has 0 saturated carbocycles. The van der Waals surface area contributed by atoms with Crippen LogP contribution in [0.4, 0.5) is 11.4 Å². The van der Waals surface area contributed by atoms with Crippen LogP contribution >= 0.6 is 0 Å². The number of rotatable bonds is 6. The van der Waals surface area contributed by atoms with E-state index in [1.54, 1.807) is 12.4 Å². The number of benzene rings is 1. The minimum atomic E-state index is -0.822. The lowest BCUT2D eigenvalue weighted by Crippen LogP contribution is -2.26. The van der Waals surface area contributed by atoms with Crippen molar-refractivity contribution in [2.24, 2.45) is 0 Å². The molecule has 0 saturated heterocycles. The van der Waals surface area contributed by atoms with Crippen molar-refractivity contribution >= 4 is 17.3 Å². The van der Waals surface area contributed by atoms with Crippen LogP contribution in [-0.4, -0.2) is 22.6 Å². The molecule has 0 fully saturated rings. The minimum absolute atomic E-state index is 0.0631. The molecule has 2 aromatic rings. The molecule has 5 heteroatoms. The number of carboxylic acid groups (broad SMARTS) is 1. The molecule has 0 aliphatic rings. The van der Waals surface area contributed by atoms with Gasteiger partial charge in [-0.15, -0.1) is 0 Å². The van der Waals surface area contributed by atoms with Gasteiger partial charge in [0.2, 0.25) is 0 Å². The Balaban J connectivity index is 2.23. The Morgan fingerprint density at radius 3 is 2.76 bits per heavy atom. The van der Waals surface area contributed by atoms with Crippen LogP contribution in [-0.2, 0) is 11.3 Å². The Morgan fingerprint density at radius 1 is 1.33 bits per heavy atom. The molecular formula is C16H19N3O2. The number of carboxylic acids is 1. The third-order valence-corrected chi connectivity index (χ3v) is 3.18. The molecule has 5 nitrogen and oxygen atoms in total. The molecule has 110 valence electrons. The standard InChI is InChI=1S/C16H19N3O2/c1-12-8-13(10-18-9-12)11-19(7-6-16(20)21)15-5-3-2-4-14(15)17/h2-5,8-10H,6-7,11,17H2,1H3,(H,20,21). The molecule has 1 aromatic heterocycles. The van der Waals surface area contributed by atoms with E-state index in [9.17, 15) is 4.79 Å². The number of nitrogens with zero attached hydrogens (tertiary/aromatic N) is 2. The zero-order valence-corrected chi connectivity index (χ0v) is 12.0. The van der Waals surface area contributed by atoms with Crippen LogP contribution in [0, 0.1) is 6.92 Å². The van der Waals surface area contributed by atoms with Gasteiger partial charge in [-0.1, -0.05) is 18.2 Å². The number of anilines is 2. The van der Waals surface area contributed by atoms with Gasteiger partial charge in [-0.25, -0.2) is 0 Å². The predicted octanol–water partition coefficient (Wildman–Crippen LogP) is 2.45. The summed E-state index contributed by atoms with van der Waals surface area (Å²) >= 11 is 0. The van der Waals surface area contributed by atoms with Crippen molar-refractivity contribution in [3.8, 4) is 0 Å². The van der Waals surface area contributed by atoms with Gasteiger partial charge in [-0.2, -0.15) is 0 Å². The molecule has 0 aliphatic heterocycles. The first-order valence-electron chi connectivity index (χ1n) is 6.78. The number of aliphatic carboxylic acids is 1. The van der Waals surface area contributed by atoms with Gasteiger partial charge >= 0.3 is 5.97 Å². The number of nitrogen functional groups attached to an aromatic ring is 1. The van der Waals surface area contributed by atoms with Crippen molar-refractivity contribution in [2.75, 3.05) is 17.2 Å². The molecule has 1 aromatic carbocycles. The third kappa shape index (κ3) is 4.21. The van der Waals surface area contributed by atoms with E-state index in [1.165, 1.54) is 0 Å². The summed E-state index contributed by atoms with van der Waals surface area (Å²) in [6.45, 7) is 2.96. The van der Waals surface area contributed by atoms with E-state index in [0.29, 0.717) is 18.8 Å². The summed E-state index contributed by atoms with van der Waals surface area (Å²) in [5.41, 5.74) is 9.60. The molecular weight excluding hydrogens is 266 g/mol. The van der Waals surface area contributed by atoms with Crippen molar-refractivity contribution in [2.45, 2.75) is 19.9 Å². The number of nitrogens with two attached hydrogens (primary N) is 1. The normalized spacial score (nSPS) is 10.3. The van der Waals surface area contributed by atoms with Crippen molar-refractivity contribution < 1.29 is 9.90 Å². The third-order valence-electron chi connectivity index (χ3n) is 3.18. The van der Waals surface area contributed by atoms with Gasteiger partial charge < -0.3 is 15.7 Å². The van der Waals surface area contributed by atoms with E-state index in [1.807, 2.05) is 42.2 Å². The summed E-state index contributed by atoms with van der Waals surface area (Å²) in [7, 11) is 0. The number of para-hydroxylation sites is 2. The molecule has 1 heterocycles. The fourth-order valence-corrected chi connectivity index (χ4v) is 2.22. The zero-order chi connectivity index (χ0) is 15.2. The monoisotopic (exact) mass is 285 g/mol. The number of aromatic nitrogens is 1.